The van der Waals surface area contributed by atoms with E-state index >= 15 is 0 Å². The minimum atomic E-state index is -0.471. The molecule has 0 aliphatic heterocycles. The van der Waals surface area contributed by atoms with Crippen LogP contribution in [-0.4, -0.2) is 22.6 Å². The number of nitrogens with one attached hydrogen (secondary N) is 3. The number of benzene rings is 3. The van der Waals surface area contributed by atoms with Gasteiger partial charge in [-0.1, -0.05) is 29.3 Å². The van der Waals surface area contributed by atoms with Gasteiger partial charge < -0.3 is 16.4 Å². The fraction of sp³-hybridized carbons (Fsp3) is 0.125. The normalized spacial score (nSPS) is 11.7. The van der Waals surface area contributed by atoms with Crippen molar-refractivity contribution in [2.24, 2.45) is 5.73 Å². The molecule has 0 saturated heterocycles. The summed E-state index contributed by atoms with van der Waals surface area (Å²) in [4.78, 5) is 13.1. The van der Waals surface area contributed by atoms with E-state index in [1.807, 2.05) is 12.1 Å². The SMILES string of the molecule is N#Cc1ccc(Nc2n[nH]c3ccc(NC(=O)C(CCN)c4ccc(Cl)c(Cl)c4)cc23)cc1. The molecule has 166 valence electrons. The van der Waals surface area contributed by atoms with Crippen LogP contribution in [0.15, 0.2) is 60.7 Å². The van der Waals surface area contributed by atoms with Crippen molar-refractivity contribution in [1.82, 2.24) is 10.2 Å². The number of nitriles is 1. The van der Waals surface area contributed by atoms with Crippen LogP contribution in [0, 0.1) is 11.3 Å². The first-order chi connectivity index (χ1) is 16.0. The molecule has 0 bridgehead atoms. The first-order valence-electron chi connectivity index (χ1n) is 10.2. The number of halogens is 2. The van der Waals surface area contributed by atoms with E-state index in [1.165, 1.54) is 0 Å². The highest BCUT2D eigenvalue weighted by Gasteiger charge is 2.21. The molecule has 4 aromatic rings. The van der Waals surface area contributed by atoms with Gasteiger partial charge in [-0.2, -0.15) is 10.4 Å². The van der Waals surface area contributed by atoms with Gasteiger partial charge in [-0.25, -0.2) is 0 Å². The van der Waals surface area contributed by atoms with Gasteiger partial charge in [-0.15, -0.1) is 0 Å². The molecule has 0 fully saturated rings. The van der Waals surface area contributed by atoms with Crippen LogP contribution in [0.2, 0.25) is 10.0 Å². The van der Waals surface area contributed by atoms with Crippen LogP contribution in [0.3, 0.4) is 0 Å². The number of nitrogens with two attached hydrogens (primary N) is 1. The van der Waals surface area contributed by atoms with Gasteiger partial charge in [-0.05, 0) is 73.1 Å². The number of anilines is 3. The molecule has 0 aliphatic carbocycles. The molecular formula is C24H20Cl2N6O. The summed E-state index contributed by atoms with van der Waals surface area (Å²) in [7, 11) is 0. The summed E-state index contributed by atoms with van der Waals surface area (Å²) in [6.45, 7) is 0.345. The van der Waals surface area contributed by atoms with Gasteiger partial charge in [0.15, 0.2) is 5.82 Å². The Morgan fingerprint density at radius 2 is 1.82 bits per heavy atom. The molecule has 1 heterocycles. The van der Waals surface area contributed by atoms with E-state index in [0.717, 1.165) is 22.2 Å². The number of amides is 1. The van der Waals surface area contributed by atoms with Gasteiger partial charge in [0.05, 0.1) is 33.1 Å². The monoisotopic (exact) mass is 478 g/mol. The van der Waals surface area contributed by atoms with Crippen LogP contribution in [0.5, 0.6) is 0 Å². The number of carbonyl (C=O) groups excluding carboxylic acids is 1. The molecule has 33 heavy (non-hydrogen) atoms. The van der Waals surface area contributed by atoms with Crippen LogP contribution < -0.4 is 16.4 Å². The molecule has 5 N–H and O–H groups in total. The third-order valence-electron chi connectivity index (χ3n) is 5.22. The first-order valence-corrected chi connectivity index (χ1v) is 11.0. The minimum Gasteiger partial charge on any atom is -0.338 e. The maximum absolute atomic E-state index is 13.1. The summed E-state index contributed by atoms with van der Waals surface area (Å²) in [6.07, 6.45) is 0.462. The van der Waals surface area contributed by atoms with Gasteiger partial charge in [0.2, 0.25) is 5.91 Å². The fourth-order valence-corrected chi connectivity index (χ4v) is 3.83. The average molecular weight is 479 g/mol. The Balaban J connectivity index is 1.57. The Morgan fingerprint density at radius 1 is 1.06 bits per heavy atom. The molecule has 1 atom stereocenters. The zero-order valence-electron chi connectivity index (χ0n) is 17.4. The van der Waals surface area contributed by atoms with Gasteiger partial charge in [0, 0.05) is 16.8 Å². The topological polar surface area (TPSA) is 120 Å². The third kappa shape index (κ3) is 5.10. The van der Waals surface area contributed by atoms with Crippen LogP contribution in [0.25, 0.3) is 10.9 Å². The smallest absolute Gasteiger partial charge is 0.231 e. The van der Waals surface area contributed by atoms with Crippen molar-refractivity contribution >= 4 is 57.2 Å². The quantitative estimate of drug-likeness (QED) is 0.277. The van der Waals surface area contributed by atoms with Crippen molar-refractivity contribution < 1.29 is 4.79 Å². The maximum Gasteiger partial charge on any atom is 0.231 e. The second-order valence-electron chi connectivity index (χ2n) is 7.44. The molecule has 9 heteroatoms. The summed E-state index contributed by atoms with van der Waals surface area (Å²) in [5.74, 6) is -0.0573. The molecule has 0 radical (unpaired) electrons. The fourth-order valence-electron chi connectivity index (χ4n) is 3.53. The summed E-state index contributed by atoms with van der Waals surface area (Å²) in [6, 6.07) is 19.8. The Hall–Kier alpha value is -3.57. The second kappa shape index (κ2) is 9.92. The van der Waals surface area contributed by atoms with E-state index in [0.29, 0.717) is 40.1 Å². The summed E-state index contributed by atoms with van der Waals surface area (Å²) in [5.41, 5.74) is 9.31. The highest BCUT2D eigenvalue weighted by atomic mass is 35.5. The molecule has 4 rings (SSSR count). The van der Waals surface area contributed by atoms with Crippen molar-refractivity contribution in [2.45, 2.75) is 12.3 Å². The number of rotatable bonds is 7. The Kier molecular flexibility index (Phi) is 6.80. The first kappa shape index (κ1) is 22.6. The number of aromatic nitrogens is 2. The standard InChI is InChI=1S/C24H20Cl2N6O/c25-20-7-3-15(11-21(20)26)18(9-10-27)24(33)30-17-6-8-22-19(12-17)23(32-31-22)29-16-4-1-14(13-28)2-5-16/h1-8,11-12,18H,9-10,27H2,(H,30,33)(H2,29,31,32). The lowest BCUT2D eigenvalue weighted by Gasteiger charge is -2.17. The van der Waals surface area contributed by atoms with Crippen LogP contribution in [0.4, 0.5) is 17.2 Å². The molecule has 1 amide bonds. The number of hydrogen-bond acceptors (Lipinski definition) is 5. The summed E-state index contributed by atoms with van der Waals surface area (Å²) >= 11 is 12.2. The lowest BCUT2D eigenvalue weighted by molar-refractivity contribution is -0.117. The predicted octanol–water partition coefficient (Wildman–Crippen LogP) is 5.56. The van der Waals surface area contributed by atoms with E-state index in [9.17, 15) is 4.79 Å². The van der Waals surface area contributed by atoms with Crippen molar-refractivity contribution in [1.29, 1.82) is 5.26 Å². The lowest BCUT2D eigenvalue weighted by atomic mass is 9.94. The molecular weight excluding hydrogens is 459 g/mol. The predicted molar refractivity (Wildman–Crippen MR) is 132 cm³/mol. The van der Waals surface area contributed by atoms with E-state index in [2.05, 4.69) is 26.9 Å². The number of aromatic amines is 1. The summed E-state index contributed by atoms with van der Waals surface area (Å²) in [5, 5.41) is 24.1. The molecule has 7 nitrogen and oxygen atoms in total. The van der Waals surface area contributed by atoms with E-state index in [-0.39, 0.29) is 5.91 Å². The zero-order valence-corrected chi connectivity index (χ0v) is 18.9. The van der Waals surface area contributed by atoms with E-state index in [1.54, 1.807) is 48.5 Å². The minimum absolute atomic E-state index is 0.191. The second-order valence-corrected chi connectivity index (χ2v) is 8.25. The maximum atomic E-state index is 13.1. The van der Waals surface area contributed by atoms with Crippen molar-refractivity contribution in [2.75, 3.05) is 17.2 Å². The molecule has 3 aromatic carbocycles. The molecule has 1 aromatic heterocycles. The van der Waals surface area contributed by atoms with Gasteiger partial charge >= 0.3 is 0 Å². The number of nitrogens with zero attached hydrogens (tertiary/aromatic N) is 2. The number of hydrogen-bond donors (Lipinski definition) is 4. The van der Waals surface area contributed by atoms with Crippen molar-refractivity contribution in [3.05, 3.63) is 81.8 Å². The Labute approximate surface area is 200 Å². The van der Waals surface area contributed by atoms with Crippen LogP contribution in [0.1, 0.15) is 23.5 Å². The van der Waals surface area contributed by atoms with E-state index in [4.69, 9.17) is 34.2 Å². The van der Waals surface area contributed by atoms with Crippen LogP contribution >= 0.6 is 23.2 Å². The van der Waals surface area contributed by atoms with E-state index < -0.39 is 5.92 Å². The van der Waals surface area contributed by atoms with Crippen molar-refractivity contribution in [3.63, 3.8) is 0 Å². The molecule has 0 aliphatic rings. The largest absolute Gasteiger partial charge is 0.338 e. The highest BCUT2D eigenvalue weighted by molar-refractivity contribution is 6.42. The summed E-state index contributed by atoms with van der Waals surface area (Å²) < 4.78 is 0. The van der Waals surface area contributed by atoms with Crippen molar-refractivity contribution in [3.8, 4) is 6.07 Å². The Bertz CT molecular complexity index is 1340. The third-order valence-corrected chi connectivity index (χ3v) is 5.96. The van der Waals surface area contributed by atoms with Gasteiger partial charge in [-0.3, -0.25) is 9.89 Å². The molecule has 0 saturated carbocycles. The Morgan fingerprint density at radius 3 is 2.52 bits per heavy atom. The van der Waals surface area contributed by atoms with Crippen LogP contribution in [-0.2, 0) is 4.79 Å². The molecule has 1 unspecified atom stereocenters. The highest BCUT2D eigenvalue weighted by Crippen LogP contribution is 2.30. The number of H-pyrrole nitrogens is 1. The van der Waals surface area contributed by atoms with Gasteiger partial charge in [0.25, 0.3) is 0 Å². The molecule has 0 spiro atoms. The number of fused-ring (bicyclic) bond motifs is 1. The number of carbonyl (C=O) groups is 1. The zero-order chi connectivity index (χ0) is 23.4. The lowest BCUT2D eigenvalue weighted by Crippen LogP contribution is -2.23. The van der Waals surface area contributed by atoms with Gasteiger partial charge in [0.1, 0.15) is 0 Å². The average Bonchev–Trinajstić information content (AvgIpc) is 3.21.